The first kappa shape index (κ1) is 17.6. The number of carbonyl (C=O) groups excluding carboxylic acids is 1. The number of rotatable bonds is 6. The maximum absolute atomic E-state index is 12.4. The summed E-state index contributed by atoms with van der Waals surface area (Å²) in [6.45, 7) is 4.63. The van der Waals surface area contributed by atoms with Gasteiger partial charge in [0.2, 0.25) is 0 Å². The Labute approximate surface area is 153 Å². The van der Waals surface area contributed by atoms with Crippen molar-refractivity contribution in [3.05, 3.63) is 83.4 Å². The molecule has 1 amide bonds. The second kappa shape index (κ2) is 8.25. The second-order valence-corrected chi connectivity index (χ2v) is 6.09. The third-order valence-electron chi connectivity index (χ3n) is 4.19. The quantitative estimate of drug-likeness (QED) is 0.707. The van der Waals surface area contributed by atoms with E-state index in [9.17, 15) is 4.79 Å². The Morgan fingerprint density at radius 3 is 2.73 bits per heavy atom. The lowest BCUT2D eigenvalue weighted by Crippen LogP contribution is -2.23. The minimum absolute atomic E-state index is 0.162. The Morgan fingerprint density at radius 2 is 1.96 bits per heavy atom. The van der Waals surface area contributed by atoms with Gasteiger partial charge >= 0.3 is 0 Å². The molecule has 0 saturated heterocycles. The van der Waals surface area contributed by atoms with Gasteiger partial charge < -0.3 is 10.6 Å². The number of carbonyl (C=O) groups is 1. The summed E-state index contributed by atoms with van der Waals surface area (Å²) in [6, 6.07) is 11.8. The van der Waals surface area contributed by atoms with Crippen LogP contribution in [-0.2, 0) is 13.0 Å². The molecule has 0 radical (unpaired) electrons. The number of anilines is 2. The molecule has 0 aliphatic rings. The zero-order valence-corrected chi connectivity index (χ0v) is 15.0. The molecule has 132 valence electrons. The van der Waals surface area contributed by atoms with Gasteiger partial charge in [-0.25, -0.2) is 0 Å². The molecule has 0 fully saturated rings. The number of benzene rings is 1. The molecule has 2 aromatic heterocycles. The smallest absolute Gasteiger partial charge is 0.253 e. The number of hydrogen-bond acceptors (Lipinski definition) is 4. The Hall–Kier alpha value is -3.21. The number of pyridine rings is 2. The van der Waals surface area contributed by atoms with E-state index < -0.39 is 0 Å². The van der Waals surface area contributed by atoms with Crippen LogP contribution in [0, 0.1) is 6.92 Å². The highest BCUT2D eigenvalue weighted by molar-refractivity contribution is 5.94. The van der Waals surface area contributed by atoms with Crippen molar-refractivity contribution in [1.82, 2.24) is 15.3 Å². The van der Waals surface area contributed by atoms with E-state index in [0.717, 1.165) is 28.9 Å². The van der Waals surface area contributed by atoms with Crippen LogP contribution in [0.25, 0.3) is 0 Å². The molecule has 3 rings (SSSR count). The molecule has 0 atom stereocenters. The van der Waals surface area contributed by atoms with Crippen molar-refractivity contribution >= 4 is 17.3 Å². The average molecular weight is 346 g/mol. The molecule has 3 aromatic rings. The Bertz CT molecular complexity index is 894. The van der Waals surface area contributed by atoms with E-state index in [4.69, 9.17) is 0 Å². The van der Waals surface area contributed by atoms with E-state index in [-0.39, 0.29) is 5.91 Å². The van der Waals surface area contributed by atoms with Crippen molar-refractivity contribution in [3.8, 4) is 0 Å². The van der Waals surface area contributed by atoms with Crippen LogP contribution in [0.5, 0.6) is 0 Å². The highest BCUT2D eigenvalue weighted by atomic mass is 16.1. The molecule has 1 aromatic carbocycles. The zero-order valence-electron chi connectivity index (χ0n) is 15.0. The summed E-state index contributed by atoms with van der Waals surface area (Å²) in [5.41, 5.74) is 5.74. The maximum Gasteiger partial charge on any atom is 0.253 e. The van der Waals surface area contributed by atoms with E-state index in [1.165, 1.54) is 5.56 Å². The van der Waals surface area contributed by atoms with Crippen molar-refractivity contribution in [1.29, 1.82) is 0 Å². The van der Waals surface area contributed by atoms with E-state index >= 15 is 0 Å². The molecule has 0 bridgehead atoms. The molecule has 0 aliphatic heterocycles. The molecule has 5 nitrogen and oxygen atoms in total. The van der Waals surface area contributed by atoms with Gasteiger partial charge in [-0.05, 0) is 42.2 Å². The van der Waals surface area contributed by atoms with Crippen molar-refractivity contribution in [2.24, 2.45) is 0 Å². The summed E-state index contributed by atoms with van der Waals surface area (Å²) in [6.07, 6.45) is 7.68. The fourth-order valence-electron chi connectivity index (χ4n) is 2.77. The molecule has 5 heteroatoms. The number of nitrogens with one attached hydrogen (secondary N) is 2. The monoisotopic (exact) mass is 346 g/mol. The Kier molecular flexibility index (Phi) is 5.59. The highest BCUT2D eigenvalue weighted by Gasteiger charge is 2.09. The number of aryl methyl sites for hydroxylation is 2. The van der Waals surface area contributed by atoms with E-state index in [2.05, 4.69) is 52.6 Å². The number of para-hydroxylation sites is 1. The van der Waals surface area contributed by atoms with Gasteiger partial charge in [0, 0.05) is 30.8 Å². The largest absolute Gasteiger partial charge is 0.354 e. The standard InChI is InChI=1S/C21H22N4O/c1-3-17-8-4-6-15(2)20(17)25-19-10-18(13-23-14-19)21(26)24-12-16-7-5-9-22-11-16/h4-11,13-14,25H,3,12H2,1-2H3,(H,24,26). The topological polar surface area (TPSA) is 66.9 Å². The van der Waals surface area contributed by atoms with Gasteiger partial charge in [-0.2, -0.15) is 0 Å². The number of aromatic nitrogens is 2. The molecular formula is C21H22N4O. The molecule has 0 spiro atoms. The summed E-state index contributed by atoms with van der Waals surface area (Å²) < 4.78 is 0. The van der Waals surface area contributed by atoms with Crippen LogP contribution in [0.4, 0.5) is 11.4 Å². The SMILES string of the molecule is CCc1cccc(C)c1Nc1cncc(C(=O)NCc2cccnc2)c1. The summed E-state index contributed by atoms with van der Waals surface area (Å²) in [7, 11) is 0. The second-order valence-electron chi connectivity index (χ2n) is 6.09. The van der Waals surface area contributed by atoms with Gasteiger partial charge in [0.25, 0.3) is 5.91 Å². The summed E-state index contributed by atoms with van der Waals surface area (Å²) in [4.78, 5) is 20.7. The molecule has 0 unspecified atom stereocenters. The minimum atomic E-state index is -0.162. The average Bonchev–Trinajstić information content (AvgIpc) is 2.68. The minimum Gasteiger partial charge on any atom is -0.354 e. The third kappa shape index (κ3) is 4.25. The molecule has 0 aliphatic carbocycles. The van der Waals surface area contributed by atoms with Crippen molar-refractivity contribution < 1.29 is 4.79 Å². The lowest BCUT2D eigenvalue weighted by atomic mass is 10.1. The van der Waals surface area contributed by atoms with Crippen molar-refractivity contribution in [2.45, 2.75) is 26.8 Å². The fourth-order valence-corrected chi connectivity index (χ4v) is 2.77. The van der Waals surface area contributed by atoms with E-state index in [1.54, 1.807) is 24.8 Å². The first-order valence-corrected chi connectivity index (χ1v) is 8.65. The first-order chi connectivity index (χ1) is 12.7. The number of nitrogens with zero attached hydrogens (tertiary/aromatic N) is 2. The molecule has 0 saturated carbocycles. The van der Waals surface area contributed by atoms with Crippen LogP contribution in [0.1, 0.15) is 34.0 Å². The molecule has 2 N–H and O–H groups in total. The van der Waals surface area contributed by atoms with Crippen LogP contribution in [0.15, 0.2) is 61.2 Å². The zero-order chi connectivity index (χ0) is 18.4. The fraction of sp³-hybridized carbons (Fsp3) is 0.190. The summed E-state index contributed by atoms with van der Waals surface area (Å²) in [5, 5.41) is 6.30. The summed E-state index contributed by atoms with van der Waals surface area (Å²) in [5.74, 6) is -0.162. The number of hydrogen-bond donors (Lipinski definition) is 2. The maximum atomic E-state index is 12.4. The van der Waals surface area contributed by atoms with Gasteiger partial charge in [0.1, 0.15) is 0 Å². The van der Waals surface area contributed by atoms with Gasteiger partial charge in [0.05, 0.1) is 17.4 Å². The van der Waals surface area contributed by atoms with Crippen LogP contribution in [0.3, 0.4) is 0 Å². The van der Waals surface area contributed by atoms with Crippen LogP contribution in [0.2, 0.25) is 0 Å². The van der Waals surface area contributed by atoms with Crippen LogP contribution in [-0.4, -0.2) is 15.9 Å². The van der Waals surface area contributed by atoms with Crippen LogP contribution < -0.4 is 10.6 Å². The first-order valence-electron chi connectivity index (χ1n) is 8.65. The van der Waals surface area contributed by atoms with Gasteiger partial charge in [-0.1, -0.05) is 31.2 Å². The summed E-state index contributed by atoms with van der Waals surface area (Å²) >= 11 is 0. The normalized spacial score (nSPS) is 10.4. The van der Waals surface area contributed by atoms with Gasteiger partial charge in [-0.3, -0.25) is 14.8 Å². The molecule has 2 heterocycles. The lowest BCUT2D eigenvalue weighted by molar-refractivity contribution is 0.0950. The van der Waals surface area contributed by atoms with Gasteiger partial charge in [0.15, 0.2) is 0 Å². The van der Waals surface area contributed by atoms with Crippen LogP contribution >= 0.6 is 0 Å². The lowest BCUT2D eigenvalue weighted by Gasteiger charge is -2.14. The molecular weight excluding hydrogens is 324 g/mol. The van der Waals surface area contributed by atoms with Crippen molar-refractivity contribution in [3.63, 3.8) is 0 Å². The number of amides is 1. The Morgan fingerprint density at radius 1 is 1.08 bits per heavy atom. The highest BCUT2D eigenvalue weighted by Crippen LogP contribution is 2.25. The van der Waals surface area contributed by atoms with Gasteiger partial charge in [-0.15, -0.1) is 0 Å². The van der Waals surface area contributed by atoms with E-state index in [1.807, 2.05) is 18.2 Å². The van der Waals surface area contributed by atoms with Crippen molar-refractivity contribution in [2.75, 3.05) is 5.32 Å². The predicted octanol–water partition coefficient (Wildman–Crippen LogP) is 4.02. The van der Waals surface area contributed by atoms with E-state index in [0.29, 0.717) is 12.1 Å². The predicted molar refractivity (Wildman–Crippen MR) is 103 cm³/mol. The molecule has 26 heavy (non-hydrogen) atoms. The Balaban J connectivity index is 1.73. The third-order valence-corrected chi connectivity index (χ3v) is 4.19.